The topological polar surface area (TPSA) is 85.4 Å². The van der Waals surface area contributed by atoms with Crippen LogP contribution in [-0.4, -0.2) is 18.1 Å². The highest BCUT2D eigenvalue weighted by molar-refractivity contribution is 9.10. The van der Waals surface area contributed by atoms with Crippen molar-refractivity contribution in [3.05, 3.63) is 74.8 Å². The van der Waals surface area contributed by atoms with Gasteiger partial charge in [-0.3, -0.25) is 10.1 Å². The Morgan fingerprint density at radius 2 is 1.96 bits per heavy atom. The number of halogens is 1. The van der Waals surface area contributed by atoms with Crippen molar-refractivity contribution in [2.75, 3.05) is 13.2 Å². The maximum Gasteiger partial charge on any atom is 0.269 e. The summed E-state index contributed by atoms with van der Waals surface area (Å²) in [5, 5.41) is 20.3. The van der Waals surface area contributed by atoms with Crippen LogP contribution in [0, 0.1) is 21.4 Å². The predicted molar refractivity (Wildman–Crippen MR) is 108 cm³/mol. The van der Waals surface area contributed by atoms with Crippen molar-refractivity contribution in [2.45, 2.75) is 6.92 Å². The van der Waals surface area contributed by atoms with E-state index in [9.17, 15) is 15.4 Å². The van der Waals surface area contributed by atoms with E-state index < -0.39 is 4.92 Å². The molecular formula is C20H17BrN2O4. The van der Waals surface area contributed by atoms with Crippen LogP contribution in [-0.2, 0) is 0 Å². The number of hydrogen-bond acceptors (Lipinski definition) is 5. The number of nitriles is 1. The zero-order chi connectivity index (χ0) is 19.8. The van der Waals surface area contributed by atoms with E-state index in [0.717, 1.165) is 10.0 Å². The maximum absolute atomic E-state index is 10.8. The van der Waals surface area contributed by atoms with E-state index in [2.05, 4.69) is 28.6 Å². The number of non-ortho nitro benzene ring substituents is 1. The third-order valence-corrected chi connectivity index (χ3v) is 4.22. The van der Waals surface area contributed by atoms with Gasteiger partial charge in [0.25, 0.3) is 5.69 Å². The summed E-state index contributed by atoms with van der Waals surface area (Å²) in [4.78, 5) is 10.3. The molecular weight excluding hydrogens is 412 g/mol. The van der Waals surface area contributed by atoms with Crippen molar-refractivity contribution in [1.82, 2.24) is 0 Å². The molecule has 0 amide bonds. The van der Waals surface area contributed by atoms with Crippen LogP contribution in [0.15, 0.2) is 53.5 Å². The number of nitrogens with zero attached hydrogens (tertiary/aromatic N) is 2. The van der Waals surface area contributed by atoms with E-state index in [1.807, 2.05) is 6.92 Å². The predicted octanol–water partition coefficient (Wildman–Crippen LogP) is 5.38. The van der Waals surface area contributed by atoms with Crippen LogP contribution < -0.4 is 9.47 Å². The molecule has 6 nitrogen and oxygen atoms in total. The molecule has 2 aromatic rings. The summed E-state index contributed by atoms with van der Waals surface area (Å²) in [6, 6.07) is 11.5. The first-order chi connectivity index (χ1) is 13.0. The Balaban J connectivity index is 2.45. The van der Waals surface area contributed by atoms with Crippen LogP contribution in [0.25, 0.3) is 11.6 Å². The van der Waals surface area contributed by atoms with Gasteiger partial charge in [-0.25, -0.2) is 0 Å². The van der Waals surface area contributed by atoms with Crippen molar-refractivity contribution < 1.29 is 14.4 Å². The van der Waals surface area contributed by atoms with Crippen LogP contribution in [0.1, 0.15) is 18.1 Å². The Hall–Kier alpha value is -3.11. The summed E-state index contributed by atoms with van der Waals surface area (Å²) in [7, 11) is 0. The molecule has 2 rings (SSSR count). The molecule has 138 valence electrons. The van der Waals surface area contributed by atoms with E-state index in [1.54, 1.807) is 36.4 Å². The number of hydrogen-bond donors (Lipinski definition) is 0. The average molecular weight is 429 g/mol. The van der Waals surface area contributed by atoms with Gasteiger partial charge in [0.15, 0.2) is 11.5 Å². The molecule has 0 spiro atoms. The van der Waals surface area contributed by atoms with Crippen molar-refractivity contribution in [3.8, 4) is 17.6 Å². The number of benzene rings is 2. The van der Waals surface area contributed by atoms with Crippen LogP contribution in [0.2, 0.25) is 0 Å². The summed E-state index contributed by atoms with van der Waals surface area (Å²) in [5.74, 6) is 1.12. The second kappa shape index (κ2) is 9.55. The molecule has 0 unspecified atom stereocenters. The minimum Gasteiger partial charge on any atom is -0.490 e. The van der Waals surface area contributed by atoms with Crippen LogP contribution >= 0.6 is 15.9 Å². The van der Waals surface area contributed by atoms with Gasteiger partial charge in [-0.05, 0) is 48.4 Å². The molecule has 0 heterocycles. The lowest BCUT2D eigenvalue weighted by molar-refractivity contribution is -0.384. The van der Waals surface area contributed by atoms with Crippen molar-refractivity contribution in [2.24, 2.45) is 0 Å². The maximum atomic E-state index is 10.8. The number of rotatable bonds is 8. The van der Waals surface area contributed by atoms with E-state index in [1.165, 1.54) is 12.1 Å². The molecule has 0 radical (unpaired) electrons. The summed E-state index contributed by atoms with van der Waals surface area (Å²) >= 11 is 3.48. The highest BCUT2D eigenvalue weighted by Gasteiger charge is 2.12. The van der Waals surface area contributed by atoms with Gasteiger partial charge in [-0.2, -0.15) is 5.26 Å². The van der Waals surface area contributed by atoms with Gasteiger partial charge in [0.05, 0.1) is 23.2 Å². The zero-order valence-corrected chi connectivity index (χ0v) is 16.2. The highest BCUT2D eigenvalue weighted by Crippen LogP contribution is 2.35. The van der Waals surface area contributed by atoms with E-state index in [-0.39, 0.29) is 5.69 Å². The average Bonchev–Trinajstić information content (AvgIpc) is 2.67. The number of ether oxygens (including phenoxy) is 2. The lowest BCUT2D eigenvalue weighted by Crippen LogP contribution is -1.99. The van der Waals surface area contributed by atoms with E-state index in [0.29, 0.717) is 35.8 Å². The van der Waals surface area contributed by atoms with Gasteiger partial charge in [0, 0.05) is 16.6 Å². The van der Waals surface area contributed by atoms with Crippen molar-refractivity contribution in [3.63, 3.8) is 0 Å². The molecule has 0 bridgehead atoms. The standard InChI is InChI=1S/C20H17BrN2O4/c1-3-9-27-20-12-18(21)15(11-19(20)26-4-2)10-16(13-22)14-5-7-17(8-6-14)23(24)25/h3,5-8,10-12H,1,4,9H2,2H3/b16-10-. The molecule has 2 aromatic carbocycles. The Kier molecular flexibility index (Phi) is 7.15. The van der Waals surface area contributed by atoms with Gasteiger partial charge in [0.1, 0.15) is 6.61 Å². The Labute approximate surface area is 165 Å². The second-order valence-corrected chi connectivity index (χ2v) is 6.18. The molecule has 0 atom stereocenters. The summed E-state index contributed by atoms with van der Waals surface area (Å²) in [6.45, 7) is 6.30. The number of allylic oxidation sites excluding steroid dienone is 1. The summed E-state index contributed by atoms with van der Waals surface area (Å²) in [6.07, 6.45) is 3.32. The molecule has 0 aliphatic carbocycles. The van der Waals surface area contributed by atoms with E-state index >= 15 is 0 Å². The normalized spacial score (nSPS) is 10.8. The Morgan fingerprint density at radius 3 is 2.52 bits per heavy atom. The minimum absolute atomic E-state index is 0.0282. The van der Waals surface area contributed by atoms with Crippen LogP contribution in [0.3, 0.4) is 0 Å². The van der Waals surface area contributed by atoms with Crippen LogP contribution in [0.4, 0.5) is 5.69 Å². The molecule has 7 heteroatoms. The van der Waals surface area contributed by atoms with Gasteiger partial charge in [-0.1, -0.05) is 28.6 Å². The lowest BCUT2D eigenvalue weighted by atomic mass is 10.0. The molecule has 0 fully saturated rings. The van der Waals surface area contributed by atoms with Crippen LogP contribution in [0.5, 0.6) is 11.5 Å². The fraction of sp³-hybridized carbons (Fsp3) is 0.150. The lowest BCUT2D eigenvalue weighted by Gasteiger charge is -2.13. The summed E-state index contributed by atoms with van der Waals surface area (Å²) in [5.41, 5.74) is 1.65. The number of nitro groups is 1. The SMILES string of the molecule is C=CCOc1cc(Br)c(/C=C(/C#N)c2ccc([N+](=O)[O-])cc2)cc1OCC. The Bertz CT molecular complexity index is 915. The quantitative estimate of drug-likeness (QED) is 0.185. The highest BCUT2D eigenvalue weighted by atomic mass is 79.9. The molecule has 0 saturated carbocycles. The minimum atomic E-state index is -0.480. The van der Waals surface area contributed by atoms with Gasteiger partial charge in [-0.15, -0.1) is 0 Å². The second-order valence-electron chi connectivity index (χ2n) is 5.33. The zero-order valence-electron chi connectivity index (χ0n) is 14.6. The molecule has 0 N–H and O–H groups in total. The fourth-order valence-electron chi connectivity index (χ4n) is 2.29. The molecule has 0 saturated heterocycles. The fourth-order valence-corrected chi connectivity index (χ4v) is 2.73. The molecule has 0 aliphatic heterocycles. The van der Waals surface area contributed by atoms with Gasteiger partial charge >= 0.3 is 0 Å². The van der Waals surface area contributed by atoms with Gasteiger partial charge < -0.3 is 9.47 Å². The Morgan fingerprint density at radius 1 is 1.30 bits per heavy atom. The van der Waals surface area contributed by atoms with Crippen molar-refractivity contribution in [1.29, 1.82) is 5.26 Å². The first kappa shape index (κ1) is 20.2. The van der Waals surface area contributed by atoms with Crippen molar-refractivity contribution >= 4 is 33.3 Å². The number of nitro benzene ring substituents is 1. The monoisotopic (exact) mass is 428 g/mol. The third kappa shape index (κ3) is 5.19. The van der Waals surface area contributed by atoms with E-state index in [4.69, 9.17) is 9.47 Å². The first-order valence-corrected chi connectivity index (χ1v) is 8.86. The smallest absolute Gasteiger partial charge is 0.269 e. The van der Waals surface area contributed by atoms with Gasteiger partial charge in [0.2, 0.25) is 0 Å². The molecule has 0 aromatic heterocycles. The summed E-state index contributed by atoms with van der Waals surface area (Å²) < 4.78 is 12.0. The molecule has 0 aliphatic rings. The third-order valence-electron chi connectivity index (χ3n) is 3.53. The first-order valence-electron chi connectivity index (χ1n) is 8.06. The largest absolute Gasteiger partial charge is 0.490 e. The molecule has 27 heavy (non-hydrogen) atoms.